The standard InChI is InChI=1S/C4H6BrNO3/c5-3(4(7)8)1-2-6-9/h2-3,9H,1H2,(H,7,8). The Morgan fingerprint density at radius 2 is 2.44 bits per heavy atom. The van der Waals surface area contributed by atoms with Gasteiger partial charge in [0.05, 0.1) is 0 Å². The molecular weight excluding hydrogens is 190 g/mol. The van der Waals surface area contributed by atoms with Crippen LogP contribution in [0.5, 0.6) is 0 Å². The maximum atomic E-state index is 10.0. The first-order valence-corrected chi connectivity index (χ1v) is 3.12. The molecule has 0 fully saturated rings. The molecule has 0 saturated carbocycles. The van der Waals surface area contributed by atoms with Crippen LogP contribution in [0.25, 0.3) is 0 Å². The summed E-state index contributed by atoms with van der Waals surface area (Å²) in [5.41, 5.74) is 0. The summed E-state index contributed by atoms with van der Waals surface area (Å²) in [4.78, 5) is 9.36. The summed E-state index contributed by atoms with van der Waals surface area (Å²) in [6.45, 7) is 0. The number of carboxylic acids is 1. The number of alkyl halides is 1. The highest BCUT2D eigenvalue weighted by Crippen LogP contribution is 2.01. The van der Waals surface area contributed by atoms with E-state index in [1.807, 2.05) is 0 Å². The van der Waals surface area contributed by atoms with Gasteiger partial charge >= 0.3 is 5.97 Å². The minimum Gasteiger partial charge on any atom is -0.480 e. The Kier molecular flexibility index (Phi) is 4.04. The van der Waals surface area contributed by atoms with Gasteiger partial charge in [-0.3, -0.25) is 4.79 Å². The lowest BCUT2D eigenvalue weighted by atomic mass is 10.3. The molecule has 0 radical (unpaired) electrons. The Bertz CT molecular complexity index is 125. The molecule has 4 nitrogen and oxygen atoms in total. The molecule has 0 aromatic rings. The number of oxime groups is 1. The van der Waals surface area contributed by atoms with Gasteiger partial charge in [-0.25, -0.2) is 0 Å². The Balaban J connectivity index is 3.50. The number of carbonyl (C=O) groups is 1. The van der Waals surface area contributed by atoms with Crippen LogP contribution in [-0.2, 0) is 4.79 Å². The quantitative estimate of drug-likeness (QED) is 0.302. The molecule has 0 aliphatic carbocycles. The molecule has 0 rings (SSSR count). The number of halogens is 1. The average Bonchev–Trinajstić information content (AvgIpc) is 1.82. The van der Waals surface area contributed by atoms with E-state index < -0.39 is 10.8 Å². The lowest BCUT2D eigenvalue weighted by Crippen LogP contribution is -2.12. The third-order valence-corrected chi connectivity index (χ3v) is 1.43. The van der Waals surface area contributed by atoms with E-state index in [0.717, 1.165) is 6.21 Å². The second kappa shape index (κ2) is 4.31. The summed E-state index contributed by atoms with van der Waals surface area (Å²) in [6, 6.07) is 0. The van der Waals surface area contributed by atoms with Crippen LogP contribution in [0.3, 0.4) is 0 Å². The van der Waals surface area contributed by atoms with Crippen LogP contribution in [0.1, 0.15) is 6.42 Å². The average molecular weight is 196 g/mol. The number of carboxylic acid groups (broad SMARTS) is 1. The monoisotopic (exact) mass is 195 g/mol. The molecule has 0 aromatic carbocycles. The van der Waals surface area contributed by atoms with Crippen LogP contribution in [0.4, 0.5) is 0 Å². The number of hydrogen-bond donors (Lipinski definition) is 2. The Hall–Kier alpha value is -0.580. The molecule has 0 aromatic heterocycles. The zero-order valence-corrected chi connectivity index (χ0v) is 6.08. The van der Waals surface area contributed by atoms with Crippen molar-refractivity contribution in [2.45, 2.75) is 11.2 Å². The van der Waals surface area contributed by atoms with Gasteiger partial charge in [0.2, 0.25) is 0 Å². The molecule has 0 aliphatic heterocycles. The summed E-state index contributed by atoms with van der Waals surface area (Å²) in [7, 11) is 0. The van der Waals surface area contributed by atoms with Gasteiger partial charge in [0.1, 0.15) is 4.83 Å². The van der Waals surface area contributed by atoms with Gasteiger partial charge in [-0.2, -0.15) is 0 Å². The molecular formula is C4H6BrNO3. The first-order chi connectivity index (χ1) is 4.18. The first-order valence-electron chi connectivity index (χ1n) is 2.21. The van der Waals surface area contributed by atoms with Gasteiger partial charge in [0, 0.05) is 12.6 Å². The first kappa shape index (κ1) is 8.42. The van der Waals surface area contributed by atoms with Gasteiger partial charge in [-0.15, -0.1) is 5.16 Å². The molecule has 0 saturated heterocycles. The highest BCUT2D eigenvalue weighted by molar-refractivity contribution is 9.10. The van der Waals surface area contributed by atoms with Crippen molar-refractivity contribution in [3.8, 4) is 0 Å². The van der Waals surface area contributed by atoms with E-state index in [1.165, 1.54) is 0 Å². The number of nitrogens with zero attached hydrogens (tertiary/aromatic N) is 1. The topological polar surface area (TPSA) is 69.9 Å². The van der Waals surface area contributed by atoms with Gasteiger partial charge in [-0.05, 0) is 0 Å². The molecule has 0 heterocycles. The van der Waals surface area contributed by atoms with E-state index in [2.05, 4.69) is 21.1 Å². The minimum atomic E-state index is -0.963. The van der Waals surface area contributed by atoms with E-state index in [1.54, 1.807) is 0 Å². The Labute approximate surface area is 60.3 Å². The summed E-state index contributed by atoms with van der Waals surface area (Å²) in [5.74, 6) is -0.963. The summed E-state index contributed by atoms with van der Waals surface area (Å²) >= 11 is 2.84. The zero-order chi connectivity index (χ0) is 7.28. The fourth-order valence-corrected chi connectivity index (χ4v) is 0.408. The number of rotatable bonds is 3. The molecule has 2 N–H and O–H groups in total. The molecule has 0 amide bonds. The predicted molar refractivity (Wildman–Crippen MR) is 35.2 cm³/mol. The normalized spacial score (nSPS) is 13.9. The van der Waals surface area contributed by atoms with E-state index in [0.29, 0.717) is 0 Å². The van der Waals surface area contributed by atoms with Crippen molar-refractivity contribution in [2.24, 2.45) is 5.16 Å². The van der Waals surface area contributed by atoms with Crippen LogP contribution in [0.2, 0.25) is 0 Å². The lowest BCUT2D eigenvalue weighted by Gasteiger charge is -1.95. The maximum Gasteiger partial charge on any atom is 0.317 e. The number of hydrogen-bond acceptors (Lipinski definition) is 3. The van der Waals surface area contributed by atoms with E-state index >= 15 is 0 Å². The van der Waals surface area contributed by atoms with Crippen LogP contribution >= 0.6 is 15.9 Å². The van der Waals surface area contributed by atoms with Crippen molar-refractivity contribution in [1.82, 2.24) is 0 Å². The number of aliphatic carboxylic acids is 1. The fourth-order valence-electron chi connectivity index (χ4n) is 0.241. The largest absolute Gasteiger partial charge is 0.480 e. The van der Waals surface area contributed by atoms with E-state index in [9.17, 15) is 4.79 Å². The SMILES string of the molecule is O=C(O)C(Br)CC=NO. The molecule has 9 heavy (non-hydrogen) atoms. The van der Waals surface area contributed by atoms with Crippen LogP contribution < -0.4 is 0 Å². The van der Waals surface area contributed by atoms with E-state index in [-0.39, 0.29) is 6.42 Å². The lowest BCUT2D eigenvalue weighted by molar-refractivity contribution is -0.136. The zero-order valence-electron chi connectivity index (χ0n) is 4.49. The van der Waals surface area contributed by atoms with Gasteiger partial charge in [0.15, 0.2) is 0 Å². The Morgan fingerprint density at radius 1 is 1.89 bits per heavy atom. The second-order valence-electron chi connectivity index (χ2n) is 1.34. The van der Waals surface area contributed by atoms with Crippen molar-refractivity contribution >= 4 is 28.1 Å². The Morgan fingerprint density at radius 3 is 2.78 bits per heavy atom. The van der Waals surface area contributed by atoms with Crippen LogP contribution in [-0.4, -0.2) is 27.3 Å². The molecule has 1 atom stereocenters. The predicted octanol–water partition coefficient (Wildman–Crippen LogP) is 0.685. The molecule has 52 valence electrons. The molecule has 5 heteroatoms. The van der Waals surface area contributed by atoms with Gasteiger partial charge < -0.3 is 10.3 Å². The third kappa shape index (κ3) is 3.96. The van der Waals surface area contributed by atoms with Crippen molar-refractivity contribution in [3.05, 3.63) is 0 Å². The summed E-state index contributed by atoms with van der Waals surface area (Å²) in [6.07, 6.45) is 1.30. The summed E-state index contributed by atoms with van der Waals surface area (Å²) < 4.78 is 0. The van der Waals surface area contributed by atoms with Crippen molar-refractivity contribution in [3.63, 3.8) is 0 Å². The van der Waals surface area contributed by atoms with Crippen molar-refractivity contribution in [2.75, 3.05) is 0 Å². The third-order valence-electron chi connectivity index (χ3n) is 0.662. The van der Waals surface area contributed by atoms with Gasteiger partial charge in [0.25, 0.3) is 0 Å². The fraction of sp³-hybridized carbons (Fsp3) is 0.500. The molecule has 0 bridgehead atoms. The second-order valence-corrected chi connectivity index (χ2v) is 2.44. The maximum absolute atomic E-state index is 10.0. The van der Waals surface area contributed by atoms with E-state index in [4.69, 9.17) is 10.3 Å². The smallest absolute Gasteiger partial charge is 0.317 e. The van der Waals surface area contributed by atoms with Crippen LogP contribution in [0.15, 0.2) is 5.16 Å². The van der Waals surface area contributed by atoms with Crippen molar-refractivity contribution in [1.29, 1.82) is 0 Å². The van der Waals surface area contributed by atoms with Crippen molar-refractivity contribution < 1.29 is 15.1 Å². The minimum absolute atomic E-state index is 0.186. The molecule has 0 spiro atoms. The molecule has 1 unspecified atom stereocenters. The van der Waals surface area contributed by atoms with Crippen LogP contribution in [0, 0.1) is 0 Å². The highest BCUT2D eigenvalue weighted by atomic mass is 79.9. The highest BCUT2D eigenvalue weighted by Gasteiger charge is 2.09. The van der Waals surface area contributed by atoms with Gasteiger partial charge in [-0.1, -0.05) is 15.9 Å². The molecule has 0 aliphatic rings. The summed E-state index contributed by atoms with van der Waals surface area (Å²) in [5, 5.41) is 18.7.